The van der Waals surface area contributed by atoms with Crippen LogP contribution in [0.5, 0.6) is 0 Å². The van der Waals surface area contributed by atoms with E-state index in [0.29, 0.717) is 0 Å². The molecule has 0 aliphatic carbocycles. The van der Waals surface area contributed by atoms with Crippen molar-refractivity contribution in [2.24, 2.45) is 5.92 Å². The summed E-state index contributed by atoms with van der Waals surface area (Å²) in [5.41, 5.74) is 0. The predicted molar refractivity (Wildman–Crippen MR) is 119 cm³/mol. The van der Waals surface area contributed by atoms with Gasteiger partial charge in [0.05, 0.1) is 13.1 Å². The van der Waals surface area contributed by atoms with E-state index in [1.807, 2.05) is 0 Å². The summed E-state index contributed by atoms with van der Waals surface area (Å²) >= 11 is 0. The molecule has 1 aromatic heterocycles. The van der Waals surface area contributed by atoms with Crippen LogP contribution in [0, 0.1) is 5.92 Å². The molecule has 0 aromatic carbocycles. The average molecular weight is 378 g/mol. The molecule has 0 amide bonds. The number of aromatic nitrogens is 2. The van der Waals surface area contributed by atoms with Crippen LogP contribution >= 0.6 is 0 Å². The number of aryl methyl sites for hydroxylation is 2. The van der Waals surface area contributed by atoms with E-state index in [1.165, 1.54) is 116 Å². The van der Waals surface area contributed by atoms with Crippen LogP contribution in [0.4, 0.5) is 0 Å². The molecule has 0 N–H and O–H groups in total. The molecular formula is C25H49N2+. The summed E-state index contributed by atoms with van der Waals surface area (Å²) < 4.78 is 4.76. The van der Waals surface area contributed by atoms with Gasteiger partial charge in [-0.2, -0.15) is 0 Å². The summed E-state index contributed by atoms with van der Waals surface area (Å²) in [5.74, 6) is 0.871. The van der Waals surface area contributed by atoms with Crippen molar-refractivity contribution in [2.75, 3.05) is 0 Å². The zero-order valence-electron chi connectivity index (χ0n) is 18.9. The van der Waals surface area contributed by atoms with Gasteiger partial charge in [0.1, 0.15) is 12.4 Å². The molecule has 27 heavy (non-hydrogen) atoms. The highest BCUT2D eigenvalue weighted by atomic mass is 15.1. The van der Waals surface area contributed by atoms with E-state index in [1.54, 1.807) is 0 Å². The Kier molecular flexibility index (Phi) is 15.6. The van der Waals surface area contributed by atoms with Gasteiger partial charge in [-0.05, 0) is 31.6 Å². The number of hydrogen-bond donors (Lipinski definition) is 0. The lowest BCUT2D eigenvalue weighted by atomic mass is 10.0. The second kappa shape index (κ2) is 17.3. The van der Waals surface area contributed by atoms with Crippen molar-refractivity contribution >= 4 is 0 Å². The maximum atomic E-state index is 2.38. The topological polar surface area (TPSA) is 8.81 Å². The van der Waals surface area contributed by atoms with Gasteiger partial charge in [0.15, 0.2) is 0 Å². The first-order chi connectivity index (χ1) is 13.2. The van der Waals surface area contributed by atoms with E-state index in [0.717, 1.165) is 5.92 Å². The van der Waals surface area contributed by atoms with E-state index in [9.17, 15) is 0 Å². The Bertz CT molecular complexity index is 422. The molecule has 2 nitrogen and oxygen atoms in total. The standard InChI is InChI=1S/C25H49N2/c1-4-5-6-7-8-9-10-11-14-17-20-26-22-23-27(24-26)21-18-15-12-13-16-19-25(2)3/h22-25H,4-21H2,1-3H3/q+1. The third-order valence-electron chi connectivity index (χ3n) is 5.71. The first-order valence-corrected chi connectivity index (χ1v) is 12.3. The lowest BCUT2D eigenvalue weighted by Crippen LogP contribution is -2.30. The van der Waals surface area contributed by atoms with E-state index in [2.05, 4.69) is 48.6 Å². The summed E-state index contributed by atoms with van der Waals surface area (Å²) in [6.45, 7) is 9.34. The molecule has 0 aliphatic heterocycles. The Morgan fingerprint density at radius 3 is 1.89 bits per heavy atom. The maximum absolute atomic E-state index is 2.38. The Hall–Kier alpha value is -0.790. The molecule has 0 unspecified atom stereocenters. The Labute approximate surface area is 170 Å². The number of imidazole rings is 1. The number of hydrogen-bond acceptors (Lipinski definition) is 0. The van der Waals surface area contributed by atoms with Gasteiger partial charge in [-0.15, -0.1) is 0 Å². The smallest absolute Gasteiger partial charge is 0.237 e. The van der Waals surface area contributed by atoms with Crippen LogP contribution in [-0.2, 0) is 13.1 Å². The lowest BCUT2D eigenvalue weighted by molar-refractivity contribution is -0.696. The molecule has 0 spiro atoms. The van der Waals surface area contributed by atoms with Crippen LogP contribution in [0.1, 0.15) is 124 Å². The second-order valence-corrected chi connectivity index (χ2v) is 9.02. The van der Waals surface area contributed by atoms with Crippen LogP contribution in [0.25, 0.3) is 0 Å². The molecule has 0 fully saturated rings. The van der Waals surface area contributed by atoms with Gasteiger partial charge in [0, 0.05) is 0 Å². The van der Waals surface area contributed by atoms with Crippen molar-refractivity contribution < 1.29 is 4.57 Å². The summed E-state index contributed by atoms with van der Waals surface area (Å²) in [4.78, 5) is 0. The molecule has 0 saturated heterocycles. The minimum absolute atomic E-state index is 0.871. The van der Waals surface area contributed by atoms with Crippen molar-refractivity contribution in [1.82, 2.24) is 4.57 Å². The molecule has 1 rings (SSSR count). The maximum Gasteiger partial charge on any atom is 0.243 e. The third-order valence-corrected chi connectivity index (χ3v) is 5.71. The monoisotopic (exact) mass is 377 g/mol. The SMILES string of the molecule is CCCCCCCCCCCCn1cc[n+](CCCCCCCC(C)C)c1. The fourth-order valence-corrected chi connectivity index (χ4v) is 3.86. The van der Waals surface area contributed by atoms with Gasteiger partial charge in [-0.25, -0.2) is 9.13 Å². The van der Waals surface area contributed by atoms with Crippen molar-refractivity contribution in [2.45, 2.75) is 137 Å². The largest absolute Gasteiger partial charge is 0.243 e. The molecule has 158 valence electrons. The quantitative estimate of drug-likeness (QED) is 0.172. The van der Waals surface area contributed by atoms with Crippen molar-refractivity contribution in [3.8, 4) is 0 Å². The van der Waals surface area contributed by atoms with Crippen LogP contribution in [0.2, 0.25) is 0 Å². The van der Waals surface area contributed by atoms with E-state index in [4.69, 9.17) is 0 Å². The van der Waals surface area contributed by atoms with Gasteiger partial charge < -0.3 is 0 Å². The van der Waals surface area contributed by atoms with Crippen molar-refractivity contribution in [3.63, 3.8) is 0 Å². The molecular weight excluding hydrogens is 328 g/mol. The minimum atomic E-state index is 0.871. The highest BCUT2D eigenvalue weighted by molar-refractivity contribution is 4.66. The predicted octanol–water partition coefficient (Wildman–Crippen LogP) is 7.69. The zero-order chi connectivity index (χ0) is 19.6. The highest BCUT2D eigenvalue weighted by Crippen LogP contribution is 2.11. The number of rotatable bonds is 19. The first-order valence-electron chi connectivity index (χ1n) is 12.3. The number of nitrogens with zero attached hydrogens (tertiary/aromatic N) is 2. The molecule has 1 heterocycles. The van der Waals surface area contributed by atoms with E-state index < -0.39 is 0 Å². The Balaban J connectivity index is 1.91. The normalized spacial score (nSPS) is 11.6. The van der Waals surface area contributed by atoms with Gasteiger partial charge in [-0.1, -0.05) is 97.8 Å². The zero-order valence-corrected chi connectivity index (χ0v) is 18.9. The highest BCUT2D eigenvalue weighted by Gasteiger charge is 2.03. The fraction of sp³-hybridized carbons (Fsp3) is 0.880. The second-order valence-electron chi connectivity index (χ2n) is 9.02. The van der Waals surface area contributed by atoms with Gasteiger partial charge in [0.2, 0.25) is 6.33 Å². The van der Waals surface area contributed by atoms with Crippen LogP contribution in [-0.4, -0.2) is 4.57 Å². The van der Waals surface area contributed by atoms with Crippen LogP contribution < -0.4 is 4.57 Å². The fourth-order valence-electron chi connectivity index (χ4n) is 3.86. The molecule has 0 atom stereocenters. The minimum Gasteiger partial charge on any atom is -0.237 e. The third kappa shape index (κ3) is 14.9. The van der Waals surface area contributed by atoms with Gasteiger partial charge in [-0.3, -0.25) is 0 Å². The van der Waals surface area contributed by atoms with Crippen molar-refractivity contribution in [1.29, 1.82) is 0 Å². The Morgan fingerprint density at radius 1 is 0.704 bits per heavy atom. The summed E-state index contributed by atoms with van der Waals surface area (Å²) in [6.07, 6.45) is 29.4. The lowest BCUT2D eigenvalue weighted by Gasteiger charge is -2.03. The summed E-state index contributed by atoms with van der Waals surface area (Å²) in [7, 11) is 0. The van der Waals surface area contributed by atoms with Gasteiger partial charge >= 0.3 is 0 Å². The summed E-state index contributed by atoms with van der Waals surface area (Å²) in [6, 6.07) is 0. The Morgan fingerprint density at radius 2 is 1.26 bits per heavy atom. The van der Waals surface area contributed by atoms with Crippen LogP contribution in [0.15, 0.2) is 18.7 Å². The summed E-state index contributed by atoms with van der Waals surface area (Å²) in [5, 5.41) is 0. The van der Waals surface area contributed by atoms with Gasteiger partial charge in [0.25, 0.3) is 0 Å². The molecule has 2 heteroatoms. The van der Waals surface area contributed by atoms with E-state index >= 15 is 0 Å². The molecule has 0 aliphatic rings. The average Bonchev–Trinajstić information content (AvgIpc) is 3.10. The van der Waals surface area contributed by atoms with Crippen molar-refractivity contribution in [3.05, 3.63) is 18.7 Å². The number of unbranched alkanes of at least 4 members (excludes halogenated alkanes) is 13. The first kappa shape index (κ1) is 24.2. The molecule has 0 bridgehead atoms. The molecule has 0 saturated carbocycles. The van der Waals surface area contributed by atoms with Crippen LogP contribution in [0.3, 0.4) is 0 Å². The molecule has 1 aromatic rings. The van der Waals surface area contributed by atoms with E-state index in [-0.39, 0.29) is 0 Å². The molecule has 0 radical (unpaired) electrons.